The zero-order valence-corrected chi connectivity index (χ0v) is 12.6. The van der Waals surface area contributed by atoms with Crippen LogP contribution in [0.4, 0.5) is 0 Å². The van der Waals surface area contributed by atoms with Crippen LogP contribution >= 0.6 is 0 Å². The monoisotopic (exact) mass is 279 g/mol. The minimum absolute atomic E-state index is 0.0508. The number of carbonyl (C=O) groups excluding carboxylic acids is 1. The third-order valence-electron chi connectivity index (χ3n) is 2.85. The molecule has 1 unspecified atom stereocenters. The molecule has 0 saturated heterocycles. The summed E-state index contributed by atoms with van der Waals surface area (Å²) in [5, 5.41) is 11.7. The van der Waals surface area contributed by atoms with Gasteiger partial charge in [-0.2, -0.15) is 0 Å². The van der Waals surface area contributed by atoms with Crippen LogP contribution in [0.3, 0.4) is 0 Å². The maximum Gasteiger partial charge on any atom is 0.251 e. The van der Waals surface area contributed by atoms with Crippen LogP contribution in [0.2, 0.25) is 0 Å². The van der Waals surface area contributed by atoms with Crippen molar-refractivity contribution >= 4 is 5.91 Å². The van der Waals surface area contributed by atoms with Crippen LogP contribution in [0, 0.1) is 5.92 Å². The van der Waals surface area contributed by atoms with Gasteiger partial charge in [0.15, 0.2) is 0 Å². The zero-order valence-electron chi connectivity index (χ0n) is 12.6. The standard InChI is InChI=1S/C16H25NO3/c1-12(2)11-20-15-8-4-7-14(10-15)16(19)17-13(3)6-5-9-18/h4,7-8,10,12-13,18H,5-6,9,11H2,1-3H3,(H,17,19). The number of nitrogens with one attached hydrogen (secondary N) is 1. The summed E-state index contributed by atoms with van der Waals surface area (Å²) in [4.78, 5) is 12.1. The fourth-order valence-electron chi connectivity index (χ4n) is 1.77. The van der Waals surface area contributed by atoms with Gasteiger partial charge >= 0.3 is 0 Å². The van der Waals surface area contributed by atoms with Crippen molar-refractivity contribution in [1.82, 2.24) is 5.32 Å². The molecule has 1 aromatic carbocycles. The summed E-state index contributed by atoms with van der Waals surface area (Å²) >= 11 is 0. The molecular weight excluding hydrogens is 254 g/mol. The van der Waals surface area contributed by atoms with E-state index in [2.05, 4.69) is 19.2 Å². The molecule has 20 heavy (non-hydrogen) atoms. The number of amides is 1. The van der Waals surface area contributed by atoms with Gasteiger partial charge in [0.2, 0.25) is 0 Å². The van der Waals surface area contributed by atoms with Crippen LogP contribution in [0.1, 0.15) is 44.0 Å². The van der Waals surface area contributed by atoms with Gasteiger partial charge in [0.1, 0.15) is 5.75 Å². The van der Waals surface area contributed by atoms with Crippen LogP contribution in [-0.4, -0.2) is 30.3 Å². The van der Waals surface area contributed by atoms with Gasteiger partial charge in [-0.15, -0.1) is 0 Å². The van der Waals surface area contributed by atoms with Crippen molar-refractivity contribution in [3.8, 4) is 5.75 Å². The van der Waals surface area contributed by atoms with Crippen molar-refractivity contribution < 1.29 is 14.6 Å². The summed E-state index contributed by atoms with van der Waals surface area (Å²) in [5.41, 5.74) is 0.599. The number of ether oxygens (including phenoxy) is 1. The van der Waals surface area contributed by atoms with Crippen LogP contribution < -0.4 is 10.1 Å². The summed E-state index contributed by atoms with van der Waals surface area (Å²) in [5.74, 6) is 1.06. The SMILES string of the molecule is CC(C)COc1cccc(C(=O)NC(C)CCCO)c1. The van der Waals surface area contributed by atoms with Gasteiger partial charge in [-0.1, -0.05) is 19.9 Å². The fourth-order valence-corrected chi connectivity index (χ4v) is 1.77. The lowest BCUT2D eigenvalue weighted by molar-refractivity contribution is 0.0936. The summed E-state index contributed by atoms with van der Waals surface area (Å²) in [6, 6.07) is 7.26. The molecule has 0 aliphatic carbocycles. The molecule has 1 aromatic rings. The molecule has 0 fully saturated rings. The Morgan fingerprint density at radius 2 is 2.10 bits per heavy atom. The van der Waals surface area contributed by atoms with E-state index in [9.17, 15) is 4.79 Å². The quantitative estimate of drug-likeness (QED) is 0.769. The van der Waals surface area contributed by atoms with E-state index in [-0.39, 0.29) is 18.6 Å². The number of rotatable bonds is 8. The average molecular weight is 279 g/mol. The van der Waals surface area contributed by atoms with Gasteiger partial charge in [-0.05, 0) is 43.9 Å². The molecule has 1 amide bonds. The highest BCUT2D eigenvalue weighted by Crippen LogP contribution is 2.14. The minimum Gasteiger partial charge on any atom is -0.493 e. The molecule has 2 N–H and O–H groups in total. The molecule has 0 spiro atoms. The first-order valence-corrected chi connectivity index (χ1v) is 7.17. The van der Waals surface area contributed by atoms with Crippen molar-refractivity contribution in [3.05, 3.63) is 29.8 Å². The Kier molecular flexibility index (Phi) is 7.09. The molecule has 0 bridgehead atoms. The summed E-state index contributed by atoms with van der Waals surface area (Å²) in [6.45, 7) is 6.89. The predicted molar refractivity (Wildman–Crippen MR) is 80.0 cm³/mol. The van der Waals surface area contributed by atoms with E-state index in [0.29, 0.717) is 24.5 Å². The molecule has 1 atom stereocenters. The number of hydrogen-bond donors (Lipinski definition) is 2. The Morgan fingerprint density at radius 1 is 1.35 bits per heavy atom. The maximum absolute atomic E-state index is 12.1. The minimum atomic E-state index is -0.106. The Hall–Kier alpha value is -1.55. The van der Waals surface area contributed by atoms with Crippen molar-refractivity contribution in [2.24, 2.45) is 5.92 Å². The van der Waals surface area contributed by atoms with Gasteiger partial charge in [0.05, 0.1) is 6.61 Å². The Morgan fingerprint density at radius 3 is 2.75 bits per heavy atom. The lowest BCUT2D eigenvalue weighted by Gasteiger charge is -2.14. The normalized spacial score (nSPS) is 12.2. The number of aliphatic hydroxyl groups is 1. The molecule has 4 heteroatoms. The highest BCUT2D eigenvalue weighted by Gasteiger charge is 2.10. The van der Waals surface area contributed by atoms with E-state index in [0.717, 1.165) is 12.2 Å². The first kappa shape index (κ1) is 16.5. The average Bonchev–Trinajstić information content (AvgIpc) is 2.43. The highest BCUT2D eigenvalue weighted by molar-refractivity contribution is 5.94. The second kappa shape index (κ2) is 8.59. The molecule has 1 rings (SSSR count). The van der Waals surface area contributed by atoms with Crippen LogP contribution in [-0.2, 0) is 0 Å². The predicted octanol–water partition coefficient (Wildman–Crippen LogP) is 2.61. The number of aliphatic hydroxyl groups excluding tert-OH is 1. The smallest absolute Gasteiger partial charge is 0.251 e. The molecule has 0 aliphatic rings. The van der Waals surface area contributed by atoms with Gasteiger partial charge in [-0.3, -0.25) is 4.79 Å². The lowest BCUT2D eigenvalue weighted by atomic mass is 10.1. The van der Waals surface area contributed by atoms with Gasteiger partial charge in [-0.25, -0.2) is 0 Å². The van der Waals surface area contributed by atoms with E-state index in [1.807, 2.05) is 19.1 Å². The summed E-state index contributed by atoms with van der Waals surface area (Å²) < 4.78 is 5.62. The molecule has 0 aliphatic heterocycles. The van der Waals surface area contributed by atoms with E-state index in [4.69, 9.17) is 9.84 Å². The van der Waals surface area contributed by atoms with Crippen LogP contribution in [0.5, 0.6) is 5.75 Å². The Labute approximate surface area is 121 Å². The van der Waals surface area contributed by atoms with Crippen molar-refractivity contribution in [3.63, 3.8) is 0 Å². The van der Waals surface area contributed by atoms with Crippen molar-refractivity contribution in [2.75, 3.05) is 13.2 Å². The van der Waals surface area contributed by atoms with E-state index >= 15 is 0 Å². The van der Waals surface area contributed by atoms with Crippen LogP contribution in [0.25, 0.3) is 0 Å². The first-order chi connectivity index (χ1) is 9.52. The van der Waals surface area contributed by atoms with E-state index in [1.54, 1.807) is 12.1 Å². The summed E-state index contributed by atoms with van der Waals surface area (Å²) in [6.07, 6.45) is 1.46. The molecule has 0 radical (unpaired) electrons. The van der Waals surface area contributed by atoms with Gasteiger partial charge in [0, 0.05) is 18.2 Å². The Balaban J connectivity index is 2.57. The topological polar surface area (TPSA) is 58.6 Å². The lowest BCUT2D eigenvalue weighted by Crippen LogP contribution is -2.32. The Bertz CT molecular complexity index is 418. The molecule has 0 saturated carbocycles. The second-order valence-corrected chi connectivity index (χ2v) is 5.47. The van der Waals surface area contributed by atoms with E-state index in [1.165, 1.54) is 0 Å². The molecule has 4 nitrogen and oxygen atoms in total. The largest absolute Gasteiger partial charge is 0.493 e. The second-order valence-electron chi connectivity index (χ2n) is 5.47. The van der Waals surface area contributed by atoms with Gasteiger partial charge in [0.25, 0.3) is 5.91 Å². The number of hydrogen-bond acceptors (Lipinski definition) is 3. The first-order valence-electron chi connectivity index (χ1n) is 7.17. The van der Waals surface area contributed by atoms with E-state index < -0.39 is 0 Å². The summed E-state index contributed by atoms with van der Waals surface area (Å²) in [7, 11) is 0. The molecular formula is C16H25NO3. The molecule has 112 valence electrons. The maximum atomic E-state index is 12.1. The van der Waals surface area contributed by atoms with Crippen molar-refractivity contribution in [1.29, 1.82) is 0 Å². The van der Waals surface area contributed by atoms with Gasteiger partial charge < -0.3 is 15.2 Å². The number of carbonyl (C=O) groups is 1. The highest BCUT2D eigenvalue weighted by atomic mass is 16.5. The molecule has 0 aromatic heterocycles. The number of benzene rings is 1. The van der Waals surface area contributed by atoms with Crippen LogP contribution in [0.15, 0.2) is 24.3 Å². The molecule has 0 heterocycles. The zero-order chi connectivity index (χ0) is 15.0. The third kappa shape index (κ3) is 6.06. The fraction of sp³-hybridized carbons (Fsp3) is 0.562. The van der Waals surface area contributed by atoms with Crippen molar-refractivity contribution in [2.45, 2.75) is 39.7 Å². The third-order valence-corrected chi connectivity index (χ3v) is 2.85.